The molecule has 0 fully saturated rings. The lowest BCUT2D eigenvalue weighted by molar-refractivity contribution is 0.660. The van der Waals surface area contributed by atoms with Gasteiger partial charge >= 0.3 is 0 Å². The third-order valence-electron chi connectivity index (χ3n) is 13.5. The molecule has 9 aromatic rings. The van der Waals surface area contributed by atoms with Crippen molar-refractivity contribution in [1.82, 2.24) is 0 Å². The average Bonchev–Trinajstić information content (AvgIpc) is 3.70. The number of rotatable bonds is 7. The highest BCUT2D eigenvalue weighted by Crippen LogP contribution is 2.58. The molecule has 0 atom stereocenters. The van der Waals surface area contributed by atoms with Crippen molar-refractivity contribution in [2.24, 2.45) is 0 Å². The van der Waals surface area contributed by atoms with Crippen molar-refractivity contribution >= 4 is 17.1 Å². The maximum absolute atomic E-state index is 2.55. The van der Waals surface area contributed by atoms with Gasteiger partial charge in [-0.05, 0) is 102 Å². The zero-order valence-corrected chi connectivity index (χ0v) is 35.2. The molecule has 2 aliphatic carbocycles. The second-order valence-electron chi connectivity index (χ2n) is 17.6. The van der Waals surface area contributed by atoms with E-state index in [0.717, 1.165) is 11.4 Å². The quantitative estimate of drug-likeness (QED) is 0.156. The smallest absolute Gasteiger partial charge is 0.0546 e. The first-order valence-electron chi connectivity index (χ1n) is 21.5. The molecular formula is C60H47N. The van der Waals surface area contributed by atoms with E-state index in [9.17, 15) is 0 Å². The zero-order chi connectivity index (χ0) is 41.3. The molecule has 1 nitrogen and oxygen atoms in total. The Morgan fingerprint density at radius 2 is 0.721 bits per heavy atom. The maximum atomic E-state index is 2.55. The summed E-state index contributed by atoms with van der Waals surface area (Å²) in [4.78, 5) is 2.55. The van der Waals surface area contributed by atoms with Gasteiger partial charge in [0.1, 0.15) is 0 Å². The Bertz CT molecular complexity index is 3120. The van der Waals surface area contributed by atoms with E-state index in [1.165, 1.54) is 94.7 Å². The zero-order valence-electron chi connectivity index (χ0n) is 35.2. The fourth-order valence-electron chi connectivity index (χ4n) is 10.6. The summed E-state index contributed by atoms with van der Waals surface area (Å²) in [6.45, 7) is 9.54. The molecule has 0 aromatic heterocycles. The van der Waals surface area contributed by atoms with Crippen molar-refractivity contribution in [1.29, 1.82) is 0 Å². The molecule has 0 amide bonds. The van der Waals surface area contributed by atoms with Crippen LogP contribution in [0.2, 0.25) is 0 Å². The van der Waals surface area contributed by atoms with Gasteiger partial charge in [-0.2, -0.15) is 0 Å². The molecule has 0 radical (unpaired) electrons. The summed E-state index contributed by atoms with van der Waals surface area (Å²) in [5, 5.41) is 0. The lowest BCUT2D eigenvalue weighted by atomic mass is 9.77. The Hall–Kier alpha value is -7.22. The van der Waals surface area contributed by atoms with Crippen molar-refractivity contribution in [3.8, 4) is 66.8 Å². The van der Waals surface area contributed by atoms with Crippen LogP contribution in [0.1, 0.15) is 49.9 Å². The van der Waals surface area contributed by atoms with E-state index < -0.39 is 0 Å². The van der Waals surface area contributed by atoms with Crippen LogP contribution in [0.25, 0.3) is 66.8 Å². The van der Waals surface area contributed by atoms with Crippen LogP contribution in [-0.4, -0.2) is 0 Å². The molecule has 0 spiro atoms. The first kappa shape index (κ1) is 36.8. The van der Waals surface area contributed by atoms with Crippen LogP contribution in [0.4, 0.5) is 17.1 Å². The molecule has 0 aliphatic heterocycles. The van der Waals surface area contributed by atoms with Gasteiger partial charge in [-0.1, -0.05) is 216 Å². The van der Waals surface area contributed by atoms with Crippen molar-refractivity contribution in [2.45, 2.75) is 38.5 Å². The van der Waals surface area contributed by atoms with E-state index in [2.05, 4.69) is 245 Å². The summed E-state index contributed by atoms with van der Waals surface area (Å²) in [7, 11) is 0. The predicted octanol–water partition coefficient (Wildman–Crippen LogP) is 16.4. The van der Waals surface area contributed by atoms with Gasteiger partial charge in [-0.25, -0.2) is 0 Å². The van der Waals surface area contributed by atoms with Gasteiger partial charge in [0.05, 0.1) is 11.4 Å². The fraction of sp³-hybridized carbons (Fsp3) is 0.100. The standard InChI is InChI=1S/C60H47N/c1-59(2)52-32-16-14-27-50(52)57-53(59)33-19-35-55(57)61(43-38-36-41(37-39-43)40-20-7-5-8-21-40)54-34-18-28-47(56(54)46-26-12-11-24-44(46)42-22-9-6-10-23-42)49-30-17-29-48-45-25-13-15-31-51(45)60(3,4)58(48)49/h5-39H,1-4H3. The molecule has 9 aromatic carbocycles. The number of benzene rings is 9. The minimum atomic E-state index is -0.197. The Kier molecular flexibility index (Phi) is 8.58. The number of hydrogen-bond donors (Lipinski definition) is 0. The van der Waals surface area contributed by atoms with Crippen molar-refractivity contribution < 1.29 is 0 Å². The van der Waals surface area contributed by atoms with Crippen LogP contribution < -0.4 is 4.90 Å². The first-order valence-corrected chi connectivity index (χ1v) is 21.5. The van der Waals surface area contributed by atoms with Crippen molar-refractivity contribution in [3.63, 3.8) is 0 Å². The molecule has 0 saturated heterocycles. The summed E-state index contributed by atoms with van der Waals surface area (Å²) >= 11 is 0. The van der Waals surface area contributed by atoms with E-state index >= 15 is 0 Å². The molecule has 11 rings (SSSR count). The highest BCUT2D eigenvalue weighted by molar-refractivity contribution is 6.05. The minimum absolute atomic E-state index is 0.152. The Morgan fingerprint density at radius 3 is 1.41 bits per heavy atom. The lowest BCUT2D eigenvalue weighted by Gasteiger charge is -2.33. The third kappa shape index (κ3) is 5.76. The largest absolute Gasteiger partial charge is 0.309 e. The molecular weight excluding hydrogens is 735 g/mol. The summed E-state index contributed by atoms with van der Waals surface area (Å²) in [5.41, 5.74) is 23.5. The van der Waals surface area contributed by atoms with Gasteiger partial charge in [0.2, 0.25) is 0 Å². The lowest BCUT2D eigenvalue weighted by Crippen LogP contribution is -2.17. The Balaban J connectivity index is 1.25. The summed E-state index contributed by atoms with van der Waals surface area (Å²) in [5.74, 6) is 0. The van der Waals surface area contributed by atoms with Gasteiger partial charge in [0.25, 0.3) is 0 Å². The van der Waals surface area contributed by atoms with E-state index in [1.54, 1.807) is 0 Å². The molecule has 0 heterocycles. The van der Waals surface area contributed by atoms with Gasteiger partial charge in [0.15, 0.2) is 0 Å². The third-order valence-corrected chi connectivity index (χ3v) is 13.5. The van der Waals surface area contributed by atoms with E-state index in [4.69, 9.17) is 0 Å². The molecule has 0 bridgehead atoms. The SMILES string of the molecule is CC1(C)c2ccccc2-c2c(N(c3ccc(-c4ccccc4)cc3)c3cccc(-c4cccc5c4C(C)(C)c4ccccc4-5)c3-c3ccccc3-c3ccccc3)cccc21. The molecule has 292 valence electrons. The number of anilines is 3. The van der Waals surface area contributed by atoms with E-state index in [0.29, 0.717) is 0 Å². The van der Waals surface area contributed by atoms with E-state index in [-0.39, 0.29) is 10.8 Å². The van der Waals surface area contributed by atoms with Crippen LogP contribution in [0.5, 0.6) is 0 Å². The van der Waals surface area contributed by atoms with Crippen LogP contribution in [-0.2, 0) is 10.8 Å². The molecule has 61 heavy (non-hydrogen) atoms. The molecule has 1 heteroatoms. The van der Waals surface area contributed by atoms with Crippen molar-refractivity contribution in [3.05, 3.63) is 235 Å². The van der Waals surface area contributed by atoms with Gasteiger partial charge in [0, 0.05) is 27.6 Å². The number of nitrogens with zero attached hydrogens (tertiary/aromatic N) is 1. The highest BCUT2D eigenvalue weighted by atomic mass is 15.1. The van der Waals surface area contributed by atoms with Crippen LogP contribution >= 0.6 is 0 Å². The van der Waals surface area contributed by atoms with Gasteiger partial charge in [-0.15, -0.1) is 0 Å². The highest BCUT2D eigenvalue weighted by Gasteiger charge is 2.40. The molecule has 0 saturated carbocycles. The maximum Gasteiger partial charge on any atom is 0.0546 e. The number of fused-ring (bicyclic) bond motifs is 6. The second-order valence-corrected chi connectivity index (χ2v) is 17.6. The van der Waals surface area contributed by atoms with Crippen LogP contribution in [0, 0.1) is 0 Å². The van der Waals surface area contributed by atoms with Crippen LogP contribution in [0.15, 0.2) is 212 Å². The van der Waals surface area contributed by atoms with E-state index in [1.807, 2.05) is 0 Å². The normalized spacial score (nSPS) is 13.8. The summed E-state index contributed by atoms with van der Waals surface area (Å²) < 4.78 is 0. The van der Waals surface area contributed by atoms with Crippen LogP contribution in [0.3, 0.4) is 0 Å². The first-order chi connectivity index (χ1) is 29.8. The fourth-order valence-corrected chi connectivity index (χ4v) is 10.6. The Morgan fingerprint density at radius 1 is 0.279 bits per heavy atom. The summed E-state index contributed by atoms with van der Waals surface area (Å²) in [6, 6.07) is 78.6. The molecule has 0 N–H and O–H groups in total. The molecule has 0 unspecified atom stereocenters. The minimum Gasteiger partial charge on any atom is -0.309 e. The number of hydrogen-bond acceptors (Lipinski definition) is 1. The predicted molar refractivity (Wildman–Crippen MR) is 258 cm³/mol. The van der Waals surface area contributed by atoms with Gasteiger partial charge in [-0.3, -0.25) is 0 Å². The molecule has 2 aliphatic rings. The topological polar surface area (TPSA) is 3.24 Å². The van der Waals surface area contributed by atoms with Crippen molar-refractivity contribution in [2.75, 3.05) is 4.90 Å². The second kappa shape index (κ2) is 14.2. The summed E-state index contributed by atoms with van der Waals surface area (Å²) in [6.07, 6.45) is 0. The van der Waals surface area contributed by atoms with Gasteiger partial charge < -0.3 is 4.90 Å². The Labute approximate surface area is 360 Å². The average molecular weight is 782 g/mol. The monoisotopic (exact) mass is 781 g/mol.